The Labute approximate surface area is 115 Å². The van der Waals surface area contributed by atoms with Crippen LogP contribution in [0.15, 0.2) is 22.7 Å². The van der Waals surface area contributed by atoms with Crippen molar-refractivity contribution >= 4 is 31.6 Å². The first-order valence-corrected chi connectivity index (χ1v) is 7.87. The smallest absolute Gasteiger partial charge is 0.183 e. The number of ether oxygens (including phenoxy) is 1. The molecule has 4 nitrogen and oxygen atoms in total. The molecule has 100 valence electrons. The summed E-state index contributed by atoms with van der Waals surface area (Å²) < 4.78 is 27.5. The van der Waals surface area contributed by atoms with Crippen LogP contribution in [0.1, 0.15) is 24.2 Å². The van der Waals surface area contributed by atoms with Crippen molar-refractivity contribution in [2.75, 3.05) is 13.4 Å². The molecule has 0 N–H and O–H groups in total. The maximum atomic E-state index is 12.2. The van der Waals surface area contributed by atoms with Gasteiger partial charge in [-0.1, -0.05) is 0 Å². The van der Waals surface area contributed by atoms with Crippen molar-refractivity contribution in [1.29, 1.82) is 0 Å². The van der Waals surface area contributed by atoms with E-state index in [0.717, 1.165) is 6.26 Å². The van der Waals surface area contributed by atoms with Gasteiger partial charge in [0.15, 0.2) is 15.6 Å². The summed E-state index contributed by atoms with van der Waals surface area (Å²) in [7, 11) is -1.96. The minimum Gasteiger partial charge on any atom is -0.496 e. The fraction of sp³-hybridized carbons (Fsp3) is 0.417. The van der Waals surface area contributed by atoms with Gasteiger partial charge in [0.2, 0.25) is 0 Å². The largest absolute Gasteiger partial charge is 0.496 e. The first kappa shape index (κ1) is 15.2. The van der Waals surface area contributed by atoms with Gasteiger partial charge in [-0.05, 0) is 48.0 Å². The van der Waals surface area contributed by atoms with Gasteiger partial charge in [-0.25, -0.2) is 8.42 Å². The fourth-order valence-electron chi connectivity index (χ4n) is 1.32. The van der Waals surface area contributed by atoms with Crippen LogP contribution in [0.4, 0.5) is 0 Å². The topological polar surface area (TPSA) is 60.4 Å². The van der Waals surface area contributed by atoms with Crippen molar-refractivity contribution < 1.29 is 17.9 Å². The van der Waals surface area contributed by atoms with E-state index in [4.69, 9.17) is 4.74 Å². The number of methoxy groups -OCH3 is 1. The van der Waals surface area contributed by atoms with Gasteiger partial charge in [0.05, 0.1) is 11.6 Å². The molecule has 1 aromatic rings. The third-order valence-electron chi connectivity index (χ3n) is 2.89. The van der Waals surface area contributed by atoms with Crippen LogP contribution in [0.5, 0.6) is 5.75 Å². The average molecular weight is 335 g/mol. The number of benzene rings is 1. The number of ketones is 1. The Morgan fingerprint density at radius 2 is 1.89 bits per heavy atom. The van der Waals surface area contributed by atoms with Gasteiger partial charge in [-0.3, -0.25) is 4.79 Å². The zero-order valence-electron chi connectivity index (χ0n) is 10.7. The molecule has 0 atom stereocenters. The van der Waals surface area contributed by atoms with E-state index in [1.54, 1.807) is 18.2 Å². The molecule has 1 rings (SSSR count). The summed E-state index contributed by atoms with van der Waals surface area (Å²) in [6.45, 7) is 2.81. The SMILES string of the molecule is COc1ccc(C(=O)C(C)(C)S(C)(=O)=O)cc1Br. The Hall–Kier alpha value is -0.880. The van der Waals surface area contributed by atoms with Crippen molar-refractivity contribution in [2.45, 2.75) is 18.6 Å². The zero-order valence-corrected chi connectivity index (χ0v) is 13.1. The maximum Gasteiger partial charge on any atom is 0.183 e. The van der Waals surface area contributed by atoms with Crippen molar-refractivity contribution in [3.05, 3.63) is 28.2 Å². The molecule has 0 aliphatic carbocycles. The second kappa shape index (κ2) is 5.01. The van der Waals surface area contributed by atoms with Crippen LogP contribution in [0.25, 0.3) is 0 Å². The predicted octanol–water partition coefficient (Wildman–Crippen LogP) is 2.46. The van der Waals surface area contributed by atoms with Crippen LogP contribution in [0, 0.1) is 0 Å². The molecule has 0 aliphatic heterocycles. The molecule has 0 unspecified atom stereocenters. The Kier molecular flexibility index (Phi) is 4.23. The number of hydrogen-bond acceptors (Lipinski definition) is 4. The number of rotatable bonds is 4. The third kappa shape index (κ3) is 2.75. The standard InChI is InChI=1S/C12H15BrO4S/c1-12(2,18(4,15)16)11(14)8-5-6-10(17-3)9(13)7-8/h5-7H,1-4H3. The molecule has 0 saturated heterocycles. The molecule has 1 aromatic carbocycles. The summed E-state index contributed by atoms with van der Waals surface area (Å²) in [6, 6.07) is 4.74. The van der Waals surface area contributed by atoms with Crippen molar-refractivity contribution in [3.8, 4) is 5.75 Å². The van der Waals surface area contributed by atoms with Crippen molar-refractivity contribution in [1.82, 2.24) is 0 Å². The van der Waals surface area contributed by atoms with Gasteiger partial charge >= 0.3 is 0 Å². The van der Waals surface area contributed by atoms with Crippen LogP contribution in [-0.4, -0.2) is 32.3 Å². The van der Waals surface area contributed by atoms with Crippen molar-refractivity contribution in [2.24, 2.45) is 0 Å². The van der Waals surface area contributed by atoms with Crippen LogP contribution in [-0.2, 0) is 9.84 Å². The van der Waals surface area contributed by atoms with Crippen LogP contribution in [0.3, 0.4) is 0 Å². The Morgan fingerprint density at radius 3 is 2.28 bits per heavy atom. The molecular formula is C12H15BrO4S. The number of halogens is 1. The average Bonchev–Trinajstić information content (AvgIpc) is 2.26. The Balaban J connectivity index is 3.25. The summed E-state index contributed by atoms with van der Waals surface area (Å²) in [5.41, 5.74) is 0.332. The summed E-state index contributed by atoms with van der Waals surface area (Å²) >= 11 is 3.27. The van der Waals surface area contributed by atoms with Crippen LogP contribution in [0.2, 0.25) is 0 Å². The number of carbonyl (C=O) groups excluding carboxylic acids is 1. The number of carbonyl (C=O) groups is 1. The van der Waals surface area contributed by atoms with Gasteiger partial charge in [-0.2, -0.15) is 0 Å². The molecule has 0 amide bonds. The highest BCUT2D eigenvalue weighted by Gasteiger charge is 2.38. The molecule has 6 heteroatoms. The van der Waals surface area contributed by atoms with Gasteiger partial charge < -0.3 is 4.74 Å². The molecule has 0 saturated carbocycles. The van der Waals surface area contributed by atoms with Gasteiger partial charge in [0, 0.05) is 11.8 Å². The highest BCUT2D eigenvalue weighted by Crippen LogP contribution is 2.28. The lowest BCUT2D eigenvalue weighted by Crippen LogP contribution is -2.39. The van der Waals surface area contributed by atoms with E-state index in [1.807, 2.05) is 0 Å². The summed E-state index contributed by atoms with van der Waals surface area (Å²) in [6.07, 6.45) is 1.06. The lowest BCUT2D eigenvalue weighted by atomic mass is 10.0. The van der Waals surface area contributed by atoms with E-state index in [-0.39, 0.29) is 0 Å². The molecular weight excluding hydrogens is 320 g/mol. The quantitative estimate of drug-likeness (QED) is 0.793. The van der Waals surface area contributed by atoms with Crippen molar-refractivity contribution in [3.63, 3.8) is 0 Å². The number of sulfone groups is 1. The fourth-order valence-corrected chi connectivity index (χ4v) is 2.32. The minimum absolute atomic E-state index is 0.332. The van der Waals surface area contributed by atoms with E-state index in [2.05, 4.69) is 15.9 Å². The van der Waals surface area contributed by atoms with E-state index in [9.17, 15) is 13.2 Å². The zero-order chi connectivity index (χ0) is 14.1. The van der Waals surface area contributed by atoms with Gasteiger partial charge in [0.25, 0.3) is 0 Å². The summed E-state index contributed by atoms with van der Waals surface area (Å²) in [5, 5.41) is 0. The lowest BCUT2D eigenvalue weighted by Gasteiger charge is -2.21. The second-order valence-corrected chi connectivity index (χ2v) is 7.88. The maximum absolute atomic E-state index is 12.2. The highest BCUT2D eigenvalue weighted by molar-refractivity contribution is 9.10. The molecule has 0 aliphatic rings. The second-order valence-electron chi connectivity index (χ2n) is 4.46. The Morgan fingerprint density at radius 1 is 1.33 bits per heavy atom. The van der Waals surface area contributed by atoms with Gasteiger partial charge in [0.1, 0.15) is 10.5 Å². The van der Waals surface area contributed by atoms with Crippen LogP contribution >= 0.6 is 15.9 Å². The summed E-state index contributed by atoms with van der Waals surface area (Å²) in [5.74, 6) is 0.150. The molecule has 0 heterocycles. The minimum atomic E-state index is -3.47. The molecule has 0 fully saturated rings. The van der Waals surface area contributed by atoms with E-state index in [0.29, 0.717) is 15.8 Å². The first-order valence-electron chi connectivity index (χ1n) is 5.19. The lowest BCUT2D eigenvalue weighted by molar-refractivity contribution is 0.0954. The molecule has 0 spiro atoms. The molecule has 0 bridgehead atoms. The van der Waals surface area contributed by atoms with E-state index >= 15 is 0 Å². The number of hydrogen-bond donors (Lipinski definition) is 0. The Bertz CT molecular complexity index is 576. The highest BCUT2D eigenvalue weighted by atomic mass is 79.9. The summed E-state index contributed by atoms with van der Waals surface area (Å²) in [4.78, 5) is 12.2. The van der Waals surface area contributed by atoms with E-state index < -0.39 is 20.4 Å². The van der Waals surface area contributed by atoms with E-state index in [1.165, 1.54) is 21.0 Å². The molecule has 18 heavy (non-hydrogen) atoms. The number of Topliss-reactive ketones (excluding diaryl/α,β-unsaturated/α-hetero) is 1. The van der Waals surface area contributed by atoms with Gasteiger partial charge in [-0.15, -0.1) is 0 Å². The normalized spacial score (nSPS) is 12.3. The van der Waals surface area contributed by atoms with Crippen LogP contribution < -0.4 is 4.74 Å². The predicted molar refractivity (Wildman–Crippen MR) is 73.9 cm³/mol. The molecule has 0 radical (unpaired) electrons. The third-order valence-corrected chi connectivity index (χ3v) is 5.55. The monoisotopic (exact) mass is 334 g/mol. The first-order chi connectivity index (χ1) is 8.11. The molecule has 0 aromatic heterocycles.